The fourth-order valence-corrected chi connectivity index (χ4v) is 2.02. The van der Waals surface area contributed by atoms with Gasteiger partial charge in [-0.1, -0.05) is 29.3 Å². The number of nitrogens with zero attached hydrogens (tertiary/aromatic N) is 3. The van der Waals surface area contributed by atoms with Gasteiger partial charge in [-0.3, -0.25) is 0 Å². The number of pyridine rings is 1. The third-order valence-corrected chi connectivity index (χ3v) is 3.07. The SMILES string of the molecule is CCCCOC(=O)n1nc(CBr)c2cccnc21. The molecular weight excluding hydrogens is 298 g/mol. The monoisotopic (exact) mass is 311 g/mol. The van der Waals surface area contributed by atoms with Crippen molar-refractivity contribution in [3.8, 4) is 0 Å². The lowest BCUT2D eigenvalue weighted by Crippen LogP contribution is -2.16. The standard InChI is InChI=1S/C12H14BrN3O2/c1-2-3-7-18-12(17)16-11-9(5-4-6-14-11)10(8-13)15-16/h4-6H,2-3,7-8H2,1H3. The van der Waals surface area contributed by atoms with E-state index in [4.69, 9.17) is 4.74 Å². The predicted octanol–water partition coefficient (Wildman–Crippen LogP) is 3.11. The zero-order valence-corrected chi connectivity index (χ0v) is 11.7. The number of fused-ring (bicyclic) bond motifs is 1. The van der Waals surface area contributed by atoms with Crippen LogP contribution in [-0.4, -0.2) is 27.5 Å². The second-order valence-corrected chi connectivity index (χ2v) is 4.40. The number of rotatable bonds is 4. The summed E-state index contributed by atoms with van der Waals surface area (Å²) in [5.74, 6) is 0. The van der Waals surface area contributed by atoms with Crippen molar-refractivity contribution in [1.82, 2.24) is 14.8 Å². The Balaban J connectivity index is 2.30. The van der Waals surface area contributed by atoms with E-state index in [1.807, 2.05) is 19.1 Å². The lowest BCUT2D eigenvalue weighted by molar-refractivity contribution is 0.143. The number of hydrogen-bond donors (Lipinski definition) is 0. The molecule has 18 heavy (non-hydrogen) atoms. The van der Waals surface area contributed by atoms with Crippen LogP contribution in [0.4, 0.5) is 4.79 Å². The largest absolute Gasteiger partial charge is 0.448 e. The molecule has 2 aromatic heterocycles. The first-order chi connectivity index (χ1) is 8.77. The summed E-state index contributed by atoms with van der Waals surface area (Å²) in [4.78, 5) is 16.1. The molecular formula is C12H14BrN3O2. The molecule has 0 amide bonds. The van der Waals surface area contributed by atoms with Gasteiger partial charge >= 0.3 is 6.09 Å². The molecule has 0 aliphatic carbocycles. The number of unbranched alkanes of at least 4 members (excludes halogenated alkanes) is 1. The minimum Gasteiger partial charge on any atom is -0.448 e. The molecule has 0 bridgehead atoms. The van der Waals surface area contributed by atoms with Crippen molar-refractivity contribution in [2.75, 3.05) is 6.61 Å². The van der Waals surface area contributed by atoms with E-state index < -0.39 is 6.09 Å². The number of carbonyl (C=O) groups is 1. The molecule has 2 aromatic rings. The Morgan fingerprint density at radius 1 is 1.56 bits per heavy atom. The van der Waals surface area contributed by atoms with Crippen LogP contribution in [0, 0.1) is 0 Å². The molecule has 0 atom stereocenters. The summed E-state index contributed by atoms with van der Waals surface area (Å²) in [6.07, 6.45) is 3.00. The van der Waals surface area contributed by atoms with Gasteiger partial charge in [0, 0.05) is 16.9 Å². The van der Waals surface area contributed by atoms with Gasteiger partial charge in [0.25, 0.3) is 0 Å². The number of hydrogen-bond acceptors (Lipinski definition) is 4. The fourth-order valence-electron chi connectivity index (χ4n) is 1.60. The zero-order valence-electron chi connectivity index (χ0n) is 10.1. The molecule has 0 saturated heterocycles. The number of alkyl halides is 1. The number of halogens is 1. The van der Waals surface area contributed by atoms with Crippen LogP contribution >= 0.6 is 15.9 Å². The van der Waals surface area contributed by atoms with Gasteiger partial charge in [-0.25, -0.2) is 9.78 Å². The topological polar surface area (TPSA) is 57.0 Å². The van der Waals surface area contributed by atoms with E-state index in [1.165, 1.54) is 4.68 Å². The van der Waals surface area contributed by atoms with Crippen LogP contribution in [0.1, 0.15) is 25.5 Å². The van der Waals surface area contributed by atoms with E-state index in [-0.39, 0.29) is 0 Å². The van der Waals surface area contributed by atoms with Gasteiger partial charge in [0.1, 0.15) is 0 Å². The summed E-state index contributed by atoms with van der Waals surface area (Å²) in [6.45, 7) is 2.45. The smallest absolute Gasteiger partial charge is 0.436 e. The second-order valence-electron chi connectivity index (χ2n) is 3.83. The molecule has 0 aliphatic heterocycles. The van der Waals surface area contributed by atoms with Crippen LogP contribution in [0.15, 0.2) is 18.3 Å². The maximum absolute atomic E-state index is 11.9. The van der Waals surface area contributed by atoms with Crippen LogP contribution in [0.3, 0.4) is 0 Å². The highest BCUT2D eigenvalue weighted by molar-refractivity contribution is 9.08. The van der Waals surface area contributed by atoms with Gasteiger partial charge in [-0.2, -0.15) is 5.10 Å². The Kier molecular flexibility index (Phi) is 4.30. The van der Waals surface area contributed by atoms with E-state index in [9.17, 15) is 4.79 Å². The summed E-state index contributed by atoms with van der Waals surface area (Å²) in [5.41, 5.74) is 1.32. The number of aromatic nitrogens is 3. The Labute approximate surface area is 113 Å². The normalized spacial score (nSPS) is 10.8. The summed E-state index contributed by atoms with van der Waals surface area (Å²) in [7, 11) is 0. The Hall–Kier alpha value is -1.43. The molecule has 0 aliphatic rings. The Bertz CT molecular complexity index is 553. The third kappa shape index (κ3) is 2.53. The minimum atomic E-state index is -0.473. The van der Waals surface area contributed by atoms with Crippen LogP contribution < -0.4 is 0 Å². The minimum absolute atomic E-state index is 0.410. The highest BCUT2D eigenvalue weighted by atomic mass is 79.9. The molecule has 5 nitrogen and oxygen atoms in total. The van der Waals surface area contributed by atoms with Crippen LogP contribution in [0.5, 0.6) is 0 Å². The van der Waals surface area contributed by atoms with Gasteiger partial charge in [0.2, 0.25) is 0 Å². The maximum atomic E-state index is 11.9. The average Bonchev–Trinajstić information content (AvgIpc) is 2.78. The second kappa shape index (κ2) is 5.95. The predicted molar refractivity (Wildman–Crippen MR) is 71.8 cm³/mol. The first-order valence-electron chi connectivity index (χ1n) is 5.83. The van der Waals surface area contributed by atoms with Crippen molar-refractivity contribution in [1.29, 1.82) is 0 Å². The lowest BCUT2D eigenvalue weighted by Gasteiger charge is -2.03. The van der Waals surface area contributed by atoms with E-state index in [0.717, 1.165) is 23.9 Å². The van der Waals surface area contributed by atoms with Crippen LogP contribution in [0.25, 0.3) is 11.0 Å². The van der Waals surface area contributed by atoms with E-state index >= 15 is 0 Å². The summed E-state index contributed by atoms with van der Waals surface area (Å²) in [5, 5.41) is 5.66. The maximum Gasteiger partial charge on any atom is 0.436 e. The van der Waals surface area contributed by atoms with Crippen molar-refractivity contribution >= 4 is 33.1 Å². The molecule has 0 spiro atoms. The quantitative estimate of drug-likeness (QED) is 0.643. The molecule has 6 heteroatoms. The van der Waals surface area contributed by atoms with Crippen molar-refractivity contribution in [3.63, 3.8) is 0 Å². The van der Waals surface area contributed by atoms with Gasteiger partial charge in [0.15, 0.2) is 5.65 Å². The van der Waals surface area contributed by atoms with Gasteiger partial charge in [-0.05, 0) is 18.6 Å². The van der Waals surface area contributed by atoms with Crippen LogP contribution in [-0.2, 0) is 10.1 Å². The molecule has 0 saturated carbocycles. The highest BCUT2D eigenvalue weighted by Crippen LogP contribution is 2.18. The number of carbonyl (C=O) groups excluding carboxylic acids is 1. The Morgan fingerprint density at radius 3 is 3.11 bits per heavy atom. The summed E-state index contributed by atoms with van der Waals surface area (Å²) < 4.78 is 6.36. The van der Waals surface area contributed by atoms with Gasteiger partial charge in [-0.15, -0.1) is 4.68 Å². The number of ether oxygens (including phenoxy) is 1. The van der Waals surface area contributed by atoms with Gasteiger partial charge < -0.3 is 4.74 Å². The van der Waals surface area contributed by atoms with Crippen LogP contribution in [0.2, 0.25) is 0 Å². The first-order valence-corrected chi connectivity index (χ1v) is 6.95. The molecule has 0 unspecified atom stereocenters. The molecule has 0 N–H and O–H groups in total. The molecule has 2 rings (SSSR count). The van der Waals surface area contributed by atoms with Crippen molar-refractivity contribution < 1.29 is 9.53 Å². The van der Waals surface area contributed by atoms with Crippen molar-refractivity contribution in [2.24, 2.45) is 0 Å². The average molecular weight is 312 g/mol. The summed E-state index contributed by atoms with van der Waals surface area (Å²) in [6, 6.07) is 3.71. The van der Waals surface area contributed by atoms with E-state index in [2.05, 4.69) is 26.0 Å². The molecule has 0 fully saturated rings. The molecule has 0 aromatic carbocycles. The van der Waals surface area contributed by atoms with Crippen molar-refractivity contribution in [2.45, 2.75) is 25.1 Å². The zero-order chi connectivity index (χ0) is 13.0. The highest BCUT2D eigenvalue weighted by Gasteiger charge is 2.16. The third-order valence-electron chi connectivity index (χ3n) is 2.54. The molecule has 0 radical (unpaired) electrons. The Morgan fingerprint density at radius 2 is 2.39 bits per heavy atom. The van der Waals surface area contributed by atoms with E-state index in [0.29, 0.717) is 17.6 Å². The summed E-state index contributed by atoms with van der Waals surface area (Å²) >= 11 is 3.35. The van der Waals surface area contributed by atoms with Crippen molar-refractivity contribution in [3.05, 3.63) is 24.0 Å². The molecule has 96 valence electrons. The van der Waals surface area contributed by atoms with Gasteiger partial charge in [0.05, 0.1) is 12.3 Å². The van der Waals surface area contributed by atoms with E-state index in [1.54, 1.807) is 6.20 Å². The first kappa shape index (κ1) is 13.0. The fraction of sp³-hybridized carbons (Fsp3) is 0.417. The lowest BCUT2D eigenvalue weighted by atomic mass is 10.3. The molecule has 2 heterocycles.